The number of nitrogens with two attached hydrogens (primary N) is 1. The molecule has 1 saturated heterocycles. The summed E-state index contributed by atoms with van der Waals surface area (Å²) in [7, 11) is 0. The first-order chi connectivity index (χ1) is 15.1. The quantitative estimate of drug-likeness (QED) is 0.187. The van der Waals surface area contributed by atoms with E-state index in [1.165, 1.54) is 36.8 Å². The Hall–Kier alpha value is -1.61. The van der Waals surface area contributed by atoms with Crippen LogP contribution in [0.15, 0.2) is 40.9 Å². The molecular weight excluding hydrogens is 513 g/mol. The van der Waals surface area contributed by atoms with Crippen molar-refractivity contribution in [3.05, 3.63) is 47.0 Å². The minimum absolute atomic E-state index is 0. The minimum Gasteiger partial charge on any atom is -0.369 e. The van der Waals surface area contributed by atoms with Gasteiger partial charge in [-0.05, 0) is 69.5 Å². The van der Waals surface area contributed by atoms with Crippen molar-refractivity contribution in [3.8, 4) is 0 Å². The number of carbonyl (C=O) groups excluding carboxylic acids is 1. The second kappa shape index (κ2) is 14.5. The number of hydrogen-bond acceptors (Lipinski definition) is 3. The van der Waals surface area contributed by atoms with Crippen LogP contribution >= 0.6 is 24.0 Å². The van der Waals surface area contributed by atoms with E-state index in [1.54, 1.807) is 5.57 Å². The molecule has 0 aromatic heterocycles. The summed E-state index contributed by atoms with van der Waals surface area (Å²) < 4.78 is 0. The predicted octanol–water partition coefficient (Wildman–Crippen LogP) is 3.95. The predicted molar refractivity (Wildman–Crippen MR) is 143 cm³/mol. The molecule has 1 unspecified atom stereocenters. The Bertz CT molecular complexity index is 779. The Balaban J connectivity index is 0.00000363. The Labute approximate surface area is 210 Å². The average Bonchev–Trinajstić information content (AvgIpc) is 2.78. The number of guanidine groups is 1. The average molecular weight is 554 g/mol. The molecule has 178 valence electrons. The molecule has 2 aliphatic rings. The Morgan fingerprint density at radius 3 is 2.81 bits per heavy atom. The maximum atomic E-state index is 11.5. The first-order valence-corrected chi connectivity index (χ1v) is 11.9. The Kier molecular flexibility index (Phi) is 12.1. The number of rotatable bonds is 9. The van der Waals surface area contributed by atoms with Gasteiger partial charge >= 0.3 is 0 Å². The van der Waals surface area contributed by atoms with Crippen LogP contribution in [0, 0.1) is 5.92 Å². The Morgan fingerprint density at radius 2 is 2.06 bits per heavy atom. The molecule has 1 atom stereocenters. The number of benzene rings is 1. The van der Waals surface area contributed by atoms with Crippen LogP contribution in [-0.4, -0.2) is 42.9 Å². The van der Waals surface area contributed by atoms with E-state index in [2.05, 4.69) is 52.8 Å². The molecule has 0 spiro atoms. The fourth-order valence-corrected chi connectivity index (χ4v) is 4.50. The lowest BCUT2D eigenvalue weighted by Crippen LogP contribution is -2.40. The van der Waals surface area contributed by atoms with E-state index in [4.69, 9.17) is 10.7 Å². The lowest BCUT2D eigenvalue weighted by molar-refractivity contribution is -0.123. The Morgan fingerprint density at radius 1 is 1.22 bits per heavy atom. The number of aliphatic imine (C=N–C) groups is 1. The van der Waals surface area contributed by atoms with Gasteiger partial charge in [-0.25, -0.2) is 4.99 Å². The van der Waals surface area contributed by atoms with Crippen LogP contribution in [-0.2, 0) is 17.9 Å². The van der Waals surface area contributed by atoms with Crippen molar-refractivity contribution in [3.63, 3.8) is 0 Å². The largest absolute Gasteiger partial charge is 0.369 e. The number of likely N-dealkylation sites (tertiary alicyclic amines) is 1. The van der Waals surface area contributed by atoms with Crippen LogP contribution < -0.4 is 16.4 Å². The molecule has 1 aliphatic heterocycles. The normalized spacial score (nSPS) is 19.6. The van der Waals surface area contributed by atoms with Crippen LogP contribution in [0.4, 0.5) is 0 Å². The van der Waals surface area contributed by atoms with Crippen molar-refractivity contribution >= 4 is 35.8 Å². The second-order valence-corrected chi connectivity index (χ2v) is 8.78. The smallest absolute Gasteiger partial charge is 0.221 e. The molecule has 1 aromatic carbocycles. The van der Waals surface area contributed by atoms with Gasteiger partial charge in [-0.3, -0.25) is 9.69 Å². The molecule has 4 N–H and O–H groups in total. The first-order valence-electron chi connectivity index (χ1n) is 11.9. The summed E-state index contributed by atoms with van der Waals surface area (Å²) >= 11 is 0. The fraction of sp³-hybridized carbons (Fsp3) is 0.600. The third-order valence-corrected chi connectivity index (χ3v) is 6.19. The van der Waals surface area contributed by atoms with E-state index in [0.717, 1.165) is 57.9 Å². The lowest BCUT2D eigenvalue weighted by Gasteiger charge is -2.31. The summed E-state index contributed by atoms with van der Waals surface area (Å²) in [5.41, 5.74) is 9.57. The number of amides is 1. The molecule has 7 heteroatoms. The number of allylic oxidation sites excluding steroid dienone is 1. The zero-order valence-corrected chi connectivity index (χ0v) is 21.8. The standard InChI is InChI=1S/C25H39N5O.HI/c1-2-27-25(28-14-13-20-8-4-3-5-9-20)29-17-21-10-6-11-22(16-21)18-30-15-7-12-23(19-30)24(26)31;/h6,8,10-11,16,23H,2-5,7,9,12-15,17-19H2,1H3,(H2,26,31)(H2,27,28,29);1H. The summed E-state index contributed by atoms with van der Waals surface area (Å²) in [5.74, 6) is 0.695. The van der Waals surface area contributed by atoms with Crippen LogP contribution in [0.2, 0.25) is 0 Å². The monoisotopic (exact) mass is 553 g/mol. The van der Waals surface area contributed by atoms with Crippen molar-refractivity contribution in [1.82, 2.24) is 15.5 Å². The topological polar surface area (TPSA) is 82.8 Å². The van der Waals surface area contributed by atoms with Gasteiger partial charge in [0, 0.05) is 26.2 Å². The zero-order chi connectivity index (χ0) is 21.9. The number of halogens is 1. The zero-order valence-electron chi connectivity index (χ0n) is 19.4. The van der Waals surface area contributed by atoms with Crippen LogP contribution in [0.3, 0.4) is 0 Å². The maximum absolute atomic E-state index is 11.5. The van der Waals surface area contributed by atoms with Crippen LogP contribution in [0.1, 0.15) is 63.0 Å². The van der Waals surface area contributed by atoms with Crippen LogP contribution in [0.5, 0.6) is 0 Å². The molecule has 0 radical (unpaired) electrons. The molecule has 0 saturated carbocycles. The molecule has 1 amide bonds. The minimum atomic E-state index is -0.170. The number of piperidine rings is 1. The first kappa shape index (κ1) is 26.6. The highest BCUT2D eigenvalue weighted by Crippen LogP contribution is 2.20. The van der Waals surface area contributed by atoms with E-state index < -0.39 is 0 Å². The summed E-state index contributed by atoms with van der Waals surface area (Å²) in [6, 6.07) is 8.62. The maximum Gasteiger partial charge on any atom is 0.221 e. The summed E-state index contributed by atoms with van der Waals surface area (Å²) in [5, 5.41) is 6.83. The highest BCUT2D eigenvalue weighted by atomic mass is 127. The molecule has 6 nitrogen and oxygen atoms in total. The summed E-state index contributed by atoms with van der Waals surface area (Å²) in [6.45, 7) is 7.17. The van der Waals surface area contributed by atoms with E-state index in [9.17, 15) is 4.79 Å². The molecule has 32 heavy (non-hydrogen) atoms. The van der Waals surface area contributed by atoms with Gasteiger partial charge in [0.15, 0.2) is 5.96 Å². The van der Waals surface area contributed by atoms with Gasteiger partial charge in [0.05, 0.1) is 12.5 Å². The van der Waals surface area contributed by atoms with Gasteiger partial charge in [-0.2, -0.15) is 0 Å². The number of nitrogens with one attached hydrogen (secondary N) is 2. The third-order valence-electron chi connectivity index (χ3n) is 6.19. The van der Waals surface area contributed by atoms with Crippen molar-refractivity contribution in [1.29, 1.82) is 0 Å². The summed E-state index contributed by atoms with van der Waals surface area (Å²) in [6.07, 6.45) is 10.6. The summed E-state index contributed by atoms with van der Waals surface area (Å²) in [4.78, 5) is 18.7. The lowest BCUT2D eigenvalue weighted by atomic mass is 9.97. The molecule has 1 aliphatic carbocycles. The van der Waals surface area contributed by atoms with Gasteiger partial charge in [0.1, 0.15) is 0 Å². The highest BCUT2D eigenvalue weighted by molar-refractivity contribution is 14.0. The van der Waals surface area contributed by atoms with E-state index in [1.807, 2.05) is 0 Å². The molecular formula is C25H40IN5O. The fourth-order valence-electron chi connectivity index (χ4n) is 4.50. The number of hydrogen-bond donors (Lipinski definition) is 3. The van der Waals surface area contributed by atoms with Crippen molar-refractivity contribution in [2.45, 2.75) is 65.0 Å². The number of carbonyl (C=O) groups is 1. The van der Waals surface area contributed by atoms with E-state index in [-0.39, 0.29) is 35.8 Å². The van der Waals surface area contributed by atoms with E-state index in [0.29, 0.717) is 6.54 Å². The highest BCUT2D eigenvalue weighted by Gasteiger charge is 2.23. The molecule has 1 heterocycles. The van der Waals surface area contributed by atoms with Gasteiger partial charge in [-0.15, -0.1) is 24.0 Å². The van der Waals surface area contributed by atoms with Gasteiger partial charge in [0.2, 0.25) is 5.91 Å². The third kappa shape index (κ3) is 9.10. The molecule has 0 bridgehead atoms. The van der Waals surface area contributed by atoms with Gasteiger partial charge < -0.3 is 16.4 Å². The number of nitrogens with zero attached hydrogens (tertiary/aromatic N) is 2. The molecule has 1 fully saturated rings. The van der Waals surface area contributed by atoms with Crippen molar-refractivity contribution in [2.24, 2.45) is 16.6 Å². The van der Waals surface area contributed by atoms with Gasteiger partial charge in [0.25, 0.3) is 0 Å². The van der Waals surface area contributed by atoms with Crippen molar-refractivity contribution < 1.29 is 4.79 Å². The second-order valence-electron chi connectivity index (χ2n) is 8.78. The van der Waals surface area contributed by atoms with Crippen molar-refractivity contribution in [2.75, 3.05) is 26.2 Å². The van der Waals surface area contributed by atoms with E-state index >= 15 is 0 Å². The molecule has 1 aromatic rings. The SMILES string of the molecule is CCNC(=NCc1cccc(CN2CCCC(C(N)=O)C2)c1)NCCC1=CCCCC1.I. The number of primary amides is 1. The van der Waals surface area contributed by atoms with Crippen LogP contribution in [0.25, 0.3) is 0 Å². The molecule has 3 rings (SSSR count). The van der Waals surface area contributed by atoms with Gasteiger partial charge in [-0.1, -0.05) is 35.9 Å².